The van der Waals surface area contributed by atoms with Crippen LogP contribution in [0.25, 0.3) is 0 Å². The van der Waals surface area contributed by atoms with Gasteiger partial charge in [0.1, 0.15) is 0 Å². The number of aliphatic hydroxyl groups is 1. The summed E-state index contributed by atoms with van der Waals surface area (Å²) in [6, 6.07) is 0. The number of unbranched alkanes of at least 4 members (excludes halogenated alkanes) is 3. The van der Waals surface area contributed by atoms with Gasteiger partial charge < -0.3 is 5.11 Å². The van der Waals surface area contributed by atoms with E-state index in [1.54, 1.807) is 0 Å². The lowest BCUT2D eigenvalue weighted by molar-refractivity contribution is 0.247. The molecule has 0 spiro atoms. The van der Waals surface area contributed by atoms with Crippen molar-refractivity contribution in [1.82, 2.24) is 0 Å². The van der Waals surface area contributed by atoms with Crippen LogP contribution in [-0.2, 0) is 0 Å². The molecule has 0 amide bonds. The van der Waals surface area contributed by atoms with E-state index in [1.807, 2.05) is 0 Å². The minimum Gasteiger partial charge on any atom is -0.396 e. The second-order valence-corrected chi connectivity index (χ2v) is 4.19. The number of hydrogen-bond acceptors (Lipinski definition) is 2. The fourth-order valence-corrected chi connectivity index (χ4v) is 2.02. The van der Waals surface area contributed by atoms with Crippen molar-refractivity contribution in [2.45, 2.75) is 51.9 Å². The van der Waals surface area contributed by atoms with Crippen LogP contribution in [0.5, 0.6) is 0 Å². The lowest BCUT2D eigenvalue weighted by atomic mass is 9.95. The maximum absolute atomic E-state index is 8.84. The summed E-state index contributed by atoms with van der Waals surface area (Å²) in [4.78, 5) is 0. The van der Waals surface area contributed by atoms with Crippen LogP contribution in [0.2, 0.25) is 0 Å². The topological polar surface area (TPSA) is 20.2 Å². The van der Waals surface area contributed by atoms with Crippen LogP contribution in [0, 0.1) is 5.92 Å². The minimum atomic E-state index is 0.340. The van der Waals surface area contributed by atoms with Gasteiger partial charge in [0.15, 0.2) is 0 Å². The van der Waals surface area contributed by atoms with Gasteiger partial charge in [-0.1, -0.05) is 39.0 Å². The van der Waals surface area contributed by atoms with Gasteiger partial charge >= 0.3 is 0 Å². The SMILES string of the molecule is CCCCCCC(CCO)CCS. The summed E-state index contributed by atoms with van der Waals surface area (Å²) in [5, 5.41) is 8.84. The Bertz CT molecular complexity index is 90.1. The highest BCUT2D eigenvalue weighted by Gasteiger charge is 2.06. The van der Waals surface area contributed by atoms with Gasteiger partial charge in [-0.25, -0.2) is 0 Å². The van der Waals surface area contributed by atoms with Crippen molar-refractivity contribution in [1.29, 1.82) is 0 Å². The molecule has 0 saturated heterocycles. The van der Waals surface area contributed by atoms with Crippen molar-refractivity contribution in [3.8, 4) is 0 Å². The molecule has 0 heterocycles. The monoisotopic (exact) mass is 204 g/mol. The standard InChI is InChI=1S/C11H24OS/c1-2-3-4-5-6-11(7-9-12)8-10-13/h11-13H,2-10H2,1H3. The molecule has 0 aliphatic heterocycles. The summed E-state index contributed by atoms with van der Waals surface area (Å²) in [5.74, 6) is 1.66. The molecular formula is C11H24OS. The highest BCUT2D eigenvalue weighted by Crippen LogP contribution is 2.18. The third kappa shape index (κ3) is 8.63. The molecule has 1 atom stereocenters. The molecule has 0 radical (unpaired) electrons. The fourth-order valence-electron chi connectivity index (χ4n) is 1.66. The zero-order valence-corrected chi connectivity index (χ0v) is 9.73. The van der Waals surface area contributed by atoms with Gasteiger partial charge in [-0.2, -0.15) is 12.6 Å². The van der Waals surface area contributed by atoms with Crippen LogP contribution in [0.15, 0.2) is 0 Å². The molecule has 0 rings (SSSR count). The van der Waals surface area contributed by atoms with E-state index in [9.17, 15) is 0 Å². The number of aliphatic hydroxyl groups excluding tert-OH is 1. The predicted octanol–water partition coefficient (Wildman–Crippen LogP) is 3.28. The molecular weight excluding hydrogens is 180 g/mol. The van der Waals surface area contributed by atoms with Crippen LogP contribution in [0.4, 0.5) is 0 Å². The Hall–Kier alpha value is 0.310. The molecule has 0 aliphatic rings. The summed E-state index contributed by atoms with van der Waals surface area (Å²) in [6.07, 6.45) is 8.74. The van der Waals surface area contributed by atoms with E-state index >= 15 is 0 Å². The Labute approximate surface area is 88.3 Å². The van der Waals surface area contributed by atoms with Gasteiger partial charge in [0.05, 0.1) is 0 Å². The Morgan fingerprint density at radius 3 is 2.38 bits per heavy atom. The molecule has 0 aromatic heterocycles. The third-order valence-electron chi connectivity index (χ3n) is 2.54. The van der Waals surface area contributed by atoms with Crippen molar-refractivity contribution in [2.75, 3.05) is 12.4 Å². The van der Waals surface area contributed by atoms with Gasteiger partial charge in [-0.15, -0.1) is 0 Å². The number of hydrogen-bond donors (Lipinski definition) is 2. The van der Waals surface area contributed by atoms with E-state index < -0.39 is 0 Å². The van der Waals surface area contributed by atoms with Crippen LogP contribution in [-0.4, -0.2) is 17.5 Å². The largest absolute Gasteiger partial charge is 0.396 e. The molecule has 0 fully saturated rings. The van der Waals surface area contributed by atoms with Gasteiger partial charge in [0.2, 0.25) is 0 Å². The van der Waals surface area contributed by atoms with Crippen molar-refractivity contribution >= 4 is 12.6 Å². The summed E-state index contributed by atoms with van der Waals surface area (Å²) in [6.45, 7) is 2.57. The van der Waals surface area contributed by atoms with Crippen molar-refractivity contribution in [2.24, 2.45) is 5.92 Å². The average molecular weight is 204 g/mol. The lowest BCUT2D eigenvalue weighted by Gasteiger charge is -2.13. The zero-order chi connectivity index (χ0) is 9.94. The van der Waals surface area contributed by atoms with E-state index in [2.05, 4.69) is 19.6 Å². The summed E-state index contributed by atoms with van der Waals surface area (Å²) >= 11 is 4.23. The summed E-state index contributed by atoms with van der Waals surface area (Å²) in [7, 11) is 0. The molecule has 0 bridgehead atoms. The third-order valence-corrected chi connectivity index (χ3v) is 2.80. The van der Waals surface area contributed by atoms with Gasteiger partial charge in [0, 0.05) is 6.61 Å². The molecule has 13 heavy (non-hydrogen) atoms. The minimum absolute atomic E-state index is 0.340. The first-order chi connectivity index (χ1) is 6.35. The van der Waals surface area contributed by atoms with Gasteiger partial charge in [-0.05, 0) is 24.5 Å². The molecule has 0 aromatic rings. The van der Waals surface area contributed by atoms with Crippen molar-refractivity contribution < 1.29 is 5.11 Å². The van der Waals surface area contributed by atoms with Crippen LogP contribution in [0.1, 0.15) is 51.9 Å². The first-order valence-corrected chi connectivity index (χ1v) is 6.20. The first-order valence-electron chi connectivity index (χ1n) is 5.56. The zero-order valence-electron chi connectivity index (χ0n) is 8.84. The quantitative estimate of drug-likeness (QED) is 0.436. The van der Waals surface area contributed by atoms with E-state index in [4.69, 9.17) is 5.11 Å². The Morgan fingerprint density at radius 2 is 1.85 bits per heavy atom. The maximum Gasteiger partial charge on any atom is 0.0433 e. The van der Waals surface area contributed by atoms with E-state index in [0.717, 1.165) is 18.6 Å². The summed E-state index contributed by atoms with van der Waals surface area (Å²) < 4.78 is 0. The second-order valence-electron chi connectivity index (χ2n) is 3.74. The molecule has 0 saturated carbocycles. The molecule has 1 N–H and O–H groups in total. The normalized spacial score (nSPS) is 13.2. The van der Waals surface area contributed by atoms with E-state index in [0.29, 0.717) is 12.5 Å². The Balaban J connectivity index is 3.33. The van der Waals surface area contributed by atoms with Gasteiger partial charge in [0.25, 0.3) is 0 Å². The molecule has 1 nitrogen and oxygen atoms in total. The van der Waals surface area contributed by atoms with Crippen molar-refractivity contribution in [3.05, 3.63) is 0 Å². The lowest BCUT2D eigenvalue weighted by Crippen LogP contribution is -2.04. The second kappa shape index (κ2) is 10.4. The van der Waals surface area contributed by atoms with Gasteiger partial charge in [-0.3, -0.25) is 0 Å². The maximum atomic E-state index is 8.84. The highest BCUT2D eigenvalue weighted by atomic mass is 32.1. The molecule has 0 aliphatic carbocycles. The average Bonchev–Trinajstić information content (AvgIpc) is 2.13. The van der Waals surface area contributed by atoms with Crippen LogP contribution >= 0.6 is 12.6 Å². The van der Waals surface area contributed by atoms with Crippen LogP contribution < -0.4 is 0 Å². The number of rotatable bonds is 9. The van der Waals surface area contributed by atoms with E-state index in [-0.39, 0.29) is 0 Å². The molecule has 1 unspecified atom stereocenters. The molecule has 2 heteroatoms. The smallest absolute Gasteiger partial charge is 0.0433 e. The number of thiol groups is 1. The van der Waals surface area contributed by atoms with E-state index in [1.165, 1.54) is 32.1 Å². The summed E-state index contributed by atoms with van der Waals surface area (Å²) in [5.41, 5.74) is 0. The predicted molar refractivity (Wildman–Crippen MR) is 62.4 cm³/mol. The molecule has 0 aromatic carbocycles. The highest BCUT2D eigenvalue weighted by molar-refractivity contribution is 7.80. The Morgan fingerprint density at radius 1 is 1.08 bits per heavy atom. The Kier molecular flexibility index (Phi) is 10.6. The first kappa shape index (κ1) is 13.3. The molecule has 80 valence electrons. The van der Waals surface area contributed by atoms with Crippen molar-refractivity contribution in [3.63, 3.8) is 0 Å². The van der Waals surface area contributed by atoms with Crippen LogP contribution in [0.3, 0.4) is 0 Å². The fraction of sp³-hybridized carbons (Fsp3) is 1.00.